The van der Waals surface area contributed by atoms with Crippen LogP contribution in [0.4, 0.5) is 17.1 Å². The van der Waals surface area contributed by atoms with E-state index in [9.17, 15) is 0 Å². The van der Waals surface area contributed by atoms with Crippen molar-refractivity contribution in [1.29, 1.82) is 0 Å². The van der Waals surface area contributed by atoms with Crippen LogP contribution in [0.1, 0.15) is 20.3 Å². The Bertz CT molecular complexity index is 2540. The zero-order valence-electron chi connectivity index (χ0n) is 31.2. The van der Waals surface area contributed by atoms with E-state index in [2.05, 4.69) is 230 Å². The Morgan fingerprint density at radius 1 is 0.400 bits per heavy atom. The summed E-state index contributed by atoms with van der Waals surface area (Å²) in [6.45, 7) is 4.38. The molecule has 9 aromatic rings. The number of nitrogens with zero attached hydrogens (tertiary/aromatic N) is 2. The predicted octanol–water partition coefficient (Wildman–Crippen LogP) is 15.2. The molecule has 0 aliphatic rings. The van der Waals surface area contributed by atoms with E-state index >= 15 is 0 Å². The van der Waals surface area contributed by atoms with Gasteiger partial charge in [0.15, 0.2) is 0 Å². The Morgan fingerprint density at radius 3 is 1.22 bits per heavy atom. The van der Waals surface area contributed by atoms with Gasteiger partial charge in [-0.2, -0.15) is 0 Å². The van der Waals surface area contributed by atoms with Crippen LogP contribution in [0.3, 0.4) is 0 Å². The lowest BCUT2D eigenvalue weighted by molar-refractivity contribution is 1.08. The average Bonchev–Trinajstić information content (AvgIpc) is 3.59. The summed E-state index contributed by atoms with van der Waals surface area (Å²) in [6, 6.07) is 72.8. The number of allylic oxidation sites excluding steroid dienone is 2. The van der Waals surface area contributed by atoms with E-state index in [0.29, 0.717) is 0 Å². The molecule has 0 unspecified atom stereocenters. The minimum Gasteiger partial charge on any atom is -0.313 e. The van der Waals surface area contributed by atoms with Gasteiger partial charge in [-0.05, 0) is 119 Å². The number of rotatable bonds is 9. The second-order valence-corrected chi connectivity index (χ2v) is 14.0. The number of benzene rings is 8. The molecule has 0 atom stereocenters. The van der Waals surface area contributed by atoms with Crippen molar-refractivity contribution in [3.05, 3.63) is 206 Å². The standard InChI is InChI=1S/C53H42N2/c1-3-46(4-2)55-52-28-18-17-27-50(52)51-37-47(29-30-53(51)55)54(48-33-42(38-19-9-5-10-20-38)31-43(34-48)39-21-11-6-12-22-39)49-35-44(40-23-13-7-14-24-40)32-45(36-49)41-25-15-8-16-26-41/h3,5-37H,4H2,1-2H3/b46-3+. The van der Waals surface area contributed by atoms with Crippen molar-refractivity contribution in [2.75, 3.05) is 4.90 Å². The first-order chi connectivity index (χ1) is 27.2. The first-order valence-electron chi connectivity index (χ1n) is 19.2. The van der Waals surface area contributed by atoms with Gasteiger partial charge in [-0.25, -0.2) is 0 Å². The second kappa shape index (κ2) is 14.9. The van der Waals surface area contributed by atoms with Crippen molar-refractivity contribution >= 4 is 44.6 Å². The molecule has 8 aromatic carbocycles. The summed E-state index contributed by atoms with van der Waals surface area (Å²) in [7, 11) is 0. The summed E-state index contributed by atoms with van der Waals surface area (Å²) in [4.78, 5) is 2.46. The highest BCUT2D eigenvalue weighted by Crippen LogP contribution is 2.44. The first-order valence-corrected chi connectivity index (χ1v) is 19.2. The zero-order valence-corrected chi connectivity index (χ0v) is 31.2. The molecule has 0 spiro atoms. The van der Waals surface area contributed by atoms with E-state index in [-0.39, 0.29) is 0 Å². The third-order valence-corrected chi connectivity index (χ3v) is 10.7. The predicted molar refractivity (Wildman–Crippen MR) is 236 cm³/mol. The summed E-state index contributed by atoms with van der Waals surface area (Å²) in [5.41, 5.74) is 16.4. The third-order valence-electron chi connectivity index (χ3n) is 10.7. The lowest BCUT2D eigenvalue weighted by Crippen LogP contribution is -2.11. The number of hydrogen-bond acceptors (Lipinski definition) is 1. The normalized spacial score (nSPS) is 11.6. The fraction of sp³-hybridized carbons (Fsp3) is 0.0566. The maximum atomic E-state index is 2.46. The molecule has 0 saturated carbocycles. The maximum Gasteiger partial charge on any atom is 0.0539 e. The molecule has 0 N–H and O–H groups in total. The van der Waals surface area contributed by atoms with Gasteiger partial charge in [-0.15, -0.1) is 0 Å². The molecule has 1 heterocycles. The van der Waals surface area contributed by atoms with Gasteiger partial charge in [0.1, 0.15) is 0 Å². The summed E-state index contributed by atoms with van der Waals surface area (Å²) >= 11 is 0. The van der Waals surface area contributed by atoms with E-state index in [1.54, 1.807) is 0 Å². The van der Waals surface area contributed by atoms with Crippen molar-refractivity contribution in [3.8, 4) is 44.5 Å². The topological polar surface area (TPSA) is 8.17 Å². The van der Waals surface area contributed by atoms with Crippen molar-refractivity contribution in [2.45, 2.75) is 20.3 Å². The average molecular weight is 707 g/mol. The van der Waals surface area contributed by atoms with Crippen molar-refractivity contribution in [2.24, 2.45) is 0 Å². The van der Waals surface area contributed by atoms with Crippen LogP contribution in [-0.2, 0) is 0 Å². The Hall–Kier alpha value is -6.90. The third kappa shape index (κ3) is 6.53. The van der Waals surface area contributed by atoms with Crippen LogP contribution >= 0.6 is 0 Å². The number of aromatic nitrogens is 1. The summed E-state index contributed by atoms with van der Waals surface area (Å²) in [5.74, 6) is 0. The van der Waals surface area contributed by atoms with E-state index in [4.69, 9.17) is 0 Å². The molecule has 0 bridgehead atoms. The number of fused-ring (bicyclic) bond motifs is 3. The Kier molecular flexibility index (Phi) is 9.15. The van der Waals surface area contributed by atoms with E-state index in [0.717, 1.165) is 23.5 Å². The molecule has 2 nitrogen and oxygen atoms in total. The zero-order chi connectivity index (χ0) is 37.1. The Balaban J connectivity index is 1.36. The molecular formula is C53H42N2. The lowest BCUT2D eigenvalue weighted by atomic mass is 9.95. The van der Waals surface area contributed by atoms with Crippen LogP contribution in [-0.4, -0.2) is 4.57 Å². The molecular weight excluding hydrogens is 665 g/mol. The number of anilines is 3. The molecule has 2 heteroatoms. The molecule has 0 fully saturated rings. The first kappa shape index (κ1) is 33.9. The Labute approximate surface area is 323 Å². The minimum absolute atomic E-state index is 0.946. The molecule has 55 heavy (non-hydrogen) atoms. The van der Waals surface area contributed by atoms with Gasteiger partial charge in [0.2, 0.25) is 0 Å². The van der Waals surface area contributed by atoms with Crippen molar-refractivity contribution in [1.82, 2.24) is 4.57 Å². The van der Waals surface area contributed by atoms with Crippen LogP contribution < -0.4 is 4.90 Å². The maximum absolute atomic E-state index is 2.46. The molecule has 0 aliphatic carbocycles. The van der Waals surface area contributed by atoms with Gasteiger partial charge in [-0.1, -0.05) is 153 Å². The molecule has 0 aliphatic heterocycles. The molecule has 0 radical (unpaired) electrons. The van der Waals surface area contributed by atoms with Crippen LogP contribution in [0.25, 0.3) is 72.0 Å². The quantitative estimate of drug-likeness (QED) is 0.145. The van der Waals surface area contributed by atoms with E-state index < -0.39 is 0 Å². The molecule has 9 rings (SSSR count). The van der Waals surface area contributed by atoms with Crippen LogP contribution in [0.15, 0.2) is 206 Å². The highest BCUT2D eigenvalue weighted by molar-refractivity contribution is 6.11. The van der Waals surface area contributed by atoms with Gasteiger partial charge in [0, 0.05) is 33.5 Å². The van der Waals surface area contributed by atoms with Crippen LogP contribution in [0.5, 0.6) is 0 Å². The van der Waals surface area contributed by atoms with Gasteiger partial charge in [-0.3, -0.25) is 0 Å². The largest absolute Gasteiger partial charge is 0.313 e. The van der Waals surface area contributed by atoms with E-state index in [1.807, 2.05) is 0 Å². The molecule has 0 amide bonds. The lowest BCUT2D eigenvalue weighted by Gasteiger charge is -2.28. The monoisotopic (exact) mass is 706 g/mol. The smallest absolute Gasteiger partial charge is 0.0539 e. The molecule has 1 aromatic heterocycles. The van der Waals surface area contributed by atoms with Crippen molar-refractivity contribution < 1.29 is 0 Å². The fourth-order valence-corrected chi connectivity index (χ4v) is 8.02. The highest BCUT2D eigenvalue weighted by Gasteiger charge is 2.21. The summed E-state index contributed by atoms with van der Waals surface area (Å²) < 4.78 is 2.44. The van der Waals surface area contributed by atoms with Crippen LogP contribution in [0, 0.1) is 0 Å². The highest BCUT2D eigenvalue weighted by atomic mass is 15.1. The SMILES string of the molecule is C/C=C(\CC)n1c2ccccc2c2cc(N(c3cc(-c4ccccc4)cc(-c4ccccc4)c3)c3cc(-c4ccccc4)cc(-c4ccccc4)c3)ccc21. The van der Waals surface area contributed by atoms with Crippen molar-refractivity contribution in [3.63, 3.8) is 0 Å². The van der Waals surface area contributed by atoms with Gasteiger partial charge in [0.25, 0.3) is 0 Å². The van der Waals surface area contributed by atoms with Crippen LogP contribution in [0.2, 0.25) is 0 Å². The van der Waals surface area contributed by atoms with Gasteiger partial charge in [0.05, 0.1) is 11.0 Å². The van der Waals surface area contributed by atoms with Gasteiger partial charge >= 0.3 is 0 Å². The number of hydrogen-bond donors (Lipinski definition) is 0. The summed E-state index contributed by atoms with van der Waals surface area (Å²) in [6.07, 6.45) is 3.19. The van der Waals surface area contributed by atoms with Gasteiger partial charge < -0.3 is 9.47 Å². The molecule has 0 saturated heterocycles. The summed E-state index contributed by atoms with van der Waals surface area (Å²) in [5, 5.41) is 2.48. The van der Waals surface area contributed by atoms with E-state index in [1.165, 1.54) is 72.0 Å². The fourth-order valence-electron chi connectivity index (χ4n) is 8.02. The minimum atomic E-state index is 0.946. The second-order valence-electron chi connectivity index (χ2n) is 14.0. The molecule has 264 valence electrons. The Morgan fingerprint density at radius 2 is 0.800 bits per heavy atom. The number of para-hydroxylation sites is 1.